The van der Waals surface area contributed by atoms with Gasteiger partial charge in [0.15, 0.2) is 10.9 Å². The molecule has 12 nitrogen and oxygen atoms in total. The summed E-state index contributed by atoms with van der Waals surface area (Å²) in [5.41, 5.74) is -1.38. The molecule has 290 valence electrons. The molecule has 3 atom stereocenters. The standard InChI is InChI=1S/C38H46ClF2N7O5S/c1-36(2,3)52-34(49)45-33-43-29-22(12-13-25(40)30(29)54-33)26-24(39)16-23-28(27(26)41)42-32(51-19-38(7)14-9-15-46(38)8)44-31(23)47-17-20-10-11-21(18-47)48(20)35(50)53-37(4,5)6/h12-13,16,20-21H,9-11,14-15,17-19H2,1-8H3,(H,43,45,49). The molecule has 16 heteroatoms. The number of hydrogen-bond acceptors (Lipinski definition) is 11. The molecular formula is C38H46ClF2N7O5S. The number of carbonyl (C=O) groups is 2. The van der Waals surface area contributed by atoms with Crippen LogP contribution in [-0.4, -0.2) is 99.1 Å². The number of halogens is 3. The van der Waals surface area contributed by atoms with E-state index in [-0.39, 0.29) is 66.7 Å². The fraction of sp³-hybridized carbons (Fsp3) is 0.553. The molecule has 3 saturated heterocycles. The molecule has 2 bridgehead atoms. The van der Waals surface area contributed by atoms with E-state index in [4.69, 9.17) is 30.8 Å². The lowest BCUT2D eigenvalue weighted by atomic mass is 10.0. The first kappa shape index (κ1) is 38.2. The second-order valence-corrected chi connectivity index (χ2v) is 18.1. The minimum absolute atomic E-state index is 0.00914. The van der Waals surface area contributed by atoms with Crippen LogP contribution in [0.2, 0.25) is 5.02 Å². The Bertz CT molecular complexity index is 2130. The van der Waals surface area contributed by atoms with Gasteiger partial charge in [0.05, 0.1) is 32.9 Å². The van der Waals surface area contributed by atoms with Crippen molar-refractivity contribution in [3.8, 4) is 17.1 Å². The average molecular weight is 786 g/mol. The maximum atomic E-state index is 17.2. The molecule has 3 fully saturated rings. The Labute approximate surface area is 322 Å². The Kier molecular flexibility index (Phi) is 9.83. The van der Waals surface area contributed by atoms with Gasteiger partial charge in [-0.3, -0.25) is 15.1 Å². The van der Waals surface area contributed by atoms with Crippen molar-refractivity contribution < 1.29 is 32.6 Å². The SMILES string of the molecule is CN1CCCC1(C)COc1nc(N2CC3CCC(C2)N3C(=O)OC(C)(C)C)c2cc(Cl)c(-c3ccc(F)c4sc(NC(=O)OC(C)(C)C)nc34)c(F)c2n1. The molecule has 1 N–H and O–H groups in total. The number of ether oxygens (including phenoxy) is 3. The number of anilines is 2. The number of piperazine rings is 1. The van der Waals surface area contributed by atoms with E-state index in [2.05, 4.69) is 27.1 Å². The van der Waals surface area contributed by atoms with Crippen LogP contribution in [0.15, 0.2) is 18.2 Å². The molecular weight excluding hydrogens is 740 g/mol. The monoisotopic (exact) mass is 785 g/mol. The summed E-state index contributed by atoms with van der Waals surface area (Å²) < 4.78 is 49.9. The van der Waals surface area contributed by atoms with Crippen molar-refractivity contribution in [1.82, 2.24) is 24.8 Å². The Morgan fingerprint density at radius 2 is 1.70 bits per heavy atom. The van der Waals surface area contributed by atoms with Gasteiger partial charge in [0.2, 0.25) is 0 Å². The summed E-state index contributed by atoms with van der Waals surface area (Å²) in [6.07, 6.45) is 2.42. The number of thiazole rings is 1. The van der Waals surface area contributed by atoms with E-state index in [1.807, 2.05) is 37.6 Å². The lowest BCUT2D eigenvalue weighted by Crippen LogP contribution is -2.57. The number of likely N-dealkylation sites (N-methyl/N-ethyl adjacent to an activating group) is 1. The lowest BCUT2D eigenvalue weighted by Gasteiger charge is -2.42. The van der Waals surface area contributed by atoms with E-state index in [1.165, 1.54) is 12.1 Å². The molecule has 0 aliphatic carbocycles. The van der Waals surface area contributed by atoms with Crippen LogP contribution in [0.4, 0.5) is 29.3 Å². The van der Waals surface area contributed by atoms with Crippen molar-refractivity contribution in [2.45, 2.75) is 103 Å². The van der Waals surface area contributed by atoms with Crippen molar-refractivity contribution in [1.29, 1.82) is 0 Å². The number of nitrogens with one attached hydrogen (secondary N) is 1. The Morgan fingerprint density at radius 3 is 2.33 bits per heavy atom. The summed E-state index contributed by atoms with van der Waals surface area (Å²) in [7, 11) is 2.05. The number of fused-ring (bicyclic) bond motifs is 4. The molecule has 5 heterocycles. The second kappa shape index (κ2) is 13.9. The number of hydrogen-bond donors (Lipinski definition) is 1. The van der Waals surface area contributed by atoms with Crippen LogP contribution in [0, 0.1) is 11.6 Å². The van der Waals surface area contributed by atoms with Crippen LogP contribution < -0.4 is 15.0 Å². The van der Waals surface area contributed by atoms with E-state index in [0.717, 1.165) is 43.6 Å². The van der Waals surface area contributed by atoms with Gasteiger partial charge in [-0.25, -0.2) is 23.4 Å². The smallest absolute Gasteiger partial charge is 0.413 e. The topological polar surface area (TPSA) is 122 Å². The Hall–Kier alpha value is -4.08. The quantitative estimate of drug-likeness (QED) is 0.203. The first-order valence-electron chi connectivity index (χ1n) is 18.2. The summed E-state index contributed by atoms with van der Waals surface area (Å²) >= 11 is 7.85. The van der Waals surface area contributed by atoms with Crippen LogP contribution in [-0.2, 0) is 9.47 Å². The number of carbonyl (C=O) groups excluding carboxylic acids is 2. The third kappa shape index (κ3) is 7.46. The third-order valence-electron chi connectivity index (χ3n) is 10.2. The highest BCUT2D eigenvalue weighted by Gasteiger charge is 2.45. The van der Waals surface area contributed by atoms with Crippen LogP contribution in [0.3, 0.4) is 0 Å². The van der Waals surface area contributed by atoms with E-state index >= 15 is 8.78 Å². The van der Waals surface area contributed by atoms with Gasteiger partial charge in [-0.1, -0.05) is 22.9 Å². The molecule has 2 aromatic carbocycles. The summed E-state index contributed by atoms with van der Waals surface area (Å²) in [5.74, 6) is -0.908. The van der Waals surface area contributed by atoms with Gasteiger partial charge in [-0.2, -0.15) is 9.97 Å². The summed E-state index contributed by atoms with van der Waals surface area (Å²) in [4.78, 5) is 45.8. The van der Waals surface area contributed by atoms with E-state index in [1.54, 1.807) is 26.8 Å². The highest BCUT2D eigenvalue weighted by Crippen LogP contribution is 2.44. The molecule has 54 heavy (non-hydrogen) atoms. The number of likely N-dealkylation sites (tertiary alicyclic amines) is 1. The van der Waals surface area contributed by atoms with Crippen LogP contribution in [0.1, 0.15) is 74.1 Å². The fourth-order valence-electron chi connectivity index (χ4n) is 7.58. The summed E-state index contributed by atoms with van der Waals surface area (Å²) in [5, 5.41) is 3.04. The zero-order valence-electron chi connectivity index (χ0n) is 31.8. The van der Waals surface area contributed by atoms with Crippen molar-refractivity contribution in [2.24, 2.45) is 0 Å². The van der Waals surface area contributed by atoms with Crippen LogP contribution >= 0.6 is 22.9 Å². The van der Waals surface area contributed by atoms with E-state index < -0.39 is 28.9 Å². The molecule has 0 spiro atoms. The van der Waals surface area contributed by atoms with Gasteiger partial charge < -0.3 is 19.1 Å². The Balaban J connectivity index is 1.30. The number of aromatic nitrogens is 3. The zero-order valence-corrected chi connectivity index (χ0v) is 33.4. The number of benzene rings is 2. The molecule has 7 rings (SSSR count). The largest absolute Gasteiger partial charge is 0.461 e. The molecule has 0 saturated carbocycles. The lowest BCUT2D eigenvalue weighted by molar-refractivity contribution is 0.0122. The molecule has 3 unspecified atom stereocenters. The number of nitrogens with zero attached hydrogens (tertiary/aromatic N) is 6. The van der Waals surface area contributed by atoms with Gasteiger partial charge in [-0.05, 0) is 106 Å². The maximum absolute atomic E-state index is 17.2. The Morgan fingerprint density at radius 1 is 1.02 bits per heavy atom. The van der Waals surface area contributed by atoms with Gasteiger partial charge in [0.1, 0.15) is 35.0 Å². The minimum Gasteiger partial charge on any atom is -0.461 e. The molecule has 3 aliphatic rings. The zero-order chi connectivity index (χ0) is 38.9. The average Bonchev–Trinajstić information content (AvgIpc) is 3.72. The van der Waals surface area contributed by atoms with Crippen LogP contribution in [0.5, 0.6) is 6.01 Å². The highest BCUT2D eigenvalue weighted by atomic mass is 35.5. The second-order valence-electron chi connectivity index (χ2n) is 16.7. The van der Waals surface area contributed by atoms with E-state index in [9.17, 15) is 9.59 Å². The summed E-state index contributed by atoms with van der Waals surface area (Å²) in [6, 6.07) is 3.97. The first-order chi connectivity index (χ1) is 25.3. The predicted octanol–water partition coefficient (Wildman–Crippen LogP) is 8.64. The molecule has 4 aromatic rings. The van der Waals surface area contributed by atoms with Gasteiger partial charge in [-0.15, -0.1) is 0 Å². The van der Waals surface area contributed by atoms with Gasteiger partial charge >= 0.3 is 18.2 Å². The highest BCUT2D eigenvalue weighted by molar-refractivity contribution is 7.22. The number of rotatable bonds is 6. The molecule has 2 amide bonds. The fourth-order valence-corrected chi connectivity index (χ4v) is 8.76. The van der Waals surface area contributed by atoms with Gasteiger partial charge in [0, 0.05) is 29.6 Å². The van der Waals surface area contributed by atoms with Crippen molar-refractivity contribution in [3.05, 3.63) is 34.9 Å². The molecule has 3 aliphatic heterocycles. The molecule has 0 radical (unpaired) electrons. The number of amides is 2. The maximum Gasteiger partial charge on any atom is 0.413 e. The van der Waals surface area contributed by atoms with Crippen molar-refractivity contribution in [2.75, 3.05) is 43.5 Å². The minimum atomic E-state index is -0.766. The van der Waals surface area contributed by atoms with Crippen molar-refractivity contribution in [3.63, 3.8) is 0 Å². The van der Waals surface area contributed by atoms with Crippen molar-refractivity contribution >= 4 is 67.2 Å². The van der Waals surface area contributed by atoms with E-state index in [0.29, 0.717) is 30.9 Å². The first-order valence-corrected chi connectivity index (χ1v) is 19.4. The molecule has 2 aromatic heterocycles. The normalized spacial score (nSPS) is 22.0. The summed E-state index contributed by atoms with van der Waals surface area (Å²) in [6.45, 7) is 14.9. The van der Waals surface area contributed by atoms with Crippen LogP contribution in [0.25, 0.3) is 32.2 Å². The van der Waals surface area contributed by atoms with Gasteiger partial charge in [0.25, 0.3) is 0 Å². The third-order valence-corrected chi connectivity index (χ3v) is 11.5. The predicted molar refractivity (Wildman–Crippen MR) is 206 cm³/mol.